The molecule has 110 valence electrons. The highest BCUT2D eigenvalue weighted by atomic mass is 16.4. The monoisotopic (exact) mass is 287 g/mol. The van der Waals surface area contributed by atoms with E-state index in [1.807, 2.05) is 30.3 Å². The van der Waals surface area contributed by atoms with Crippen LogP contribution in [-0.2, 0) is 16.1 Å². The summed E-state index contributed by atoms with van der Waals surface area (Å²) in [6.07, 6.45) is 1.70. The number of aliphatic carboxylic acids is 1. The lowest BCUT2D eigenvalue weighted by Crippen LogP contribution is -2.35. The van der Waals surface area contributed by atoms with Crippen LogP contribution >= 0.6 is 0 Å². The second kappa shape index (κ2) is 6.21. The van der Waals surface area contributed by atoms with Gasteiger partial charge in [-0.3, -0.25) is 9.59 Å². The fourth-order valence-electron chi connectivity index (χ4n) is 1.95. The average Bonchev–Trinajstić information content (AvgIpc) is 2.95. The zero-order valence-corrected chi connectivity index (χ0v) is 11.9. The van der Waals surface area contributed by atoms with E-state index in [0.717, 1.165) is 11.3 Å². The summed E-state index contributed by atoms with van der Waals surface area (Å²) < 4.78 is 0. The fraction of sp³-hybridized carbons (Fsp3) is 0.267. The number of carboxylic acid groups (broad SMARTS) is 1. The van der Waals surface area contributed by atoms with Gasteiger partial charge in [-0.2, -0.15) is 0 Å². The molecule has 0 saturated carbocycles. The van der Waals surface area contributed by atoms with Crippen LogP contribution in [0.1, 0.15) is 12.7 Å². The van der Waals surface area contributed by atoms with E-state index in [1.165, 1.54) is 11.8 Å². The summed E-state index contributed by atoms with van der Waals surface area (Å²) in [5.74, 6) is -2.02. The van der Waals surface area contributed by atoms with Gasteiger partial charge >= 0.3 is 5.97 Å². The molecule has 0 aliphatic carbocycles. The third kappa shape index (κ3) is 3.47. The number of carboxylic acids is 1. The summed E-state index contributed by atoms with van der Waals surface area (Å²) in [6, 6.07) is 9.71. The van der Waals surface area contributed by atoms with Crippen molar-refractivity contribution in [2.75, 3.05) is 7.05 Å². The lowest BCUT2D eigenvalue weighted by atomic mass is 10.1. The number of benzene rings is 1. The summed E-state index contributed by atoms with van der Waals surface area (Å²) in [5.41, 5.74) is 1.86. The highest BCUT2D eigenvalue weighted by Gasteiger charge is 2.24. The SMILES string of the molecule is CC(C(=O)O)C(=O)N(C)Cc1ncc(-c2ccccc2)[nH]1. The maximum Gasteiger partial charge on any atom is 0.315 e. The Morgan fingerprint density at radius 3 is 2.62 bits per heavy atom. The second-order valence-corrected chi connectivity index (χ2v) is 4.86. The van der Waals surface area contributed by atoms with Crippen molar-refractivity contribution in [3.63, 3.8) is 0 Å². The summed E-state index contributed by atoms with van der Waals surface area (Å²) in [4.78, 5) is 31.4. The number of amides is 1. The molecule has 2 N–H and O–H groups in total. The van der Waals surface area contributed by atoms with Gasteiger partial charge in [-0.05, 0) is 12.5 Å². The lowest BCUT2D eigenvalue weighted by Gasteiger charge is -2.18. The standard InChI is InChI=1S/C15H17N3O3/c1-10(15(20)21)14(19)18(2)9-13-16-8-12(17-13)11-6-4-3-5-7-11/h3-8,10H,9H2,1-2H3,(H,16,17)(H,20,21). The first-order chi connectivity index (χ1) is 9.99. The van der Waals surface area contributed by atoms with Crippen molar-refractivity contribution in [3.8, 4) is 11.3 Å². The highest BCUT2D eigenvalue weighted by molar-refractivity contribution is 5.96. The number of nitrogens with one attached hydrogen (secondary N) is 1. The first-order valence-electron chi connectivity index (χ1n) is 6.56. The lowest BCUT2D eigenvalue weighted by molar-refractivity contribution is -0.150. The maximum atomic E-state index is 11.9. The number of carbonyl (C=O) groups is 2. The van der Waals surface area contributed by atoms with E-state index in [0.29, 0.717) is 5.82 Å². The van der Waals surface area contributed by atoms with Gasteiger partial charge in [0.1, 0.15) is 11.7 Å². The second-order valence-electron chi connectivity index (χ2n) is 4.86. The molecule has 0 aliphatic rings. The molecule has 1 heterocycles. The molecule has 1 amide bonds. The van der Waals surface area contributed by atoms with E-state index < -0.39 is 17.8 Å². The topological polar surface area (TPSA) is 86.3 Å². The van der Waals surface area contributed by atoms with E-state index in [2.05, 4.69) is 9.97 Å². The quantitative estimate of drug-likeness (QED) is 0.820. The van der Waals surface area contributed by atoms with Crippen LogP contribution in [0.2, 0.25) is 0 Å². The molecule has 0 aliphatic heterocycles. The Bertz CT molecular complexity index is 637. The van der Waals surface area contributed by atoms with Crippen molar-refractivity contribution in [1.82, 2.24) is 14.9 Å². The molecule has 6 nitrogen and oxygen atoms in total. The van der Waals surface area contributed by atoms with Crippen LogP contribution in [0.4, 0.5) is 0 Å². The molecule has 1 atom stereocenters. The van der Waals surface area contributed by atoms with Gasteiger partial charge in [0.15, 0.2) is 0 Å². The highest BCUT2D eigenvalue weighted by Crippen LogP contribution is 2.16. The minimum absolute atomic E-state index is 0.239. The van der Waals surface area contributed by atoms with Gasteiger partial charge in [-0.25, -0.2) is 4.98 Å². The Balaban J connectivity index is 2.06. The van der Waals surface area contributed by atoms with Gasteiger partial charge in [0, 0.05) is 7.05 Å². The van der Waals surface area contributed by atoms with Crippen molar-refractivity contribution in [1.29, 1.82) is 0 Å². The number of H-pyrrole nitrogens is 1. The molecule has 1 aromatic carbocycles. The van der Waals surface area contributed by atoms with Crippen molar-refractivity contribution < 1.29 is 14.7 Å². The van der Waals surface area contributed by atoms with Gasteiger partial charge in [0.05, 0.1) is 18.4 Å². The van der Waals surface area contributed by atoms with Crippen molar-refractivity contribution >= 4 is 11.9 Å². The third-order valence-corrected chi connectivity index (χ3v) is 3.22. The number of hydrogen-bond acceptors (Lipinski definition) is 3. The summed E-state index contributed by atoms with van der Waals surface area (Å²) in [6.45, 7) is 1.61. The maximum absolute atomic E-state index is 11.9. The summed E-state index contributed by atoms with van der Waals surface area (Å²) in [7, 11) is 1.56. The Morgan fingerprint density at radius 2 is 2.00 bits per heavy atom. The van der Waals surface area contributed by atoms with Crippen LogP contribution in [-0.4, -0.2) is 38.9 Å². The predicted molar refractivity (Wildman–Crippen MR) is 77.3 cm³/mol. The largest absolute Gasteiger partial charge is 0.481 e. The van der Waals surface area contributed by atoms with Gasteiger partial charge in [-0.1, -0.05) is 30.3 Å². The molecule has 0 bridgehead atoms. The van der Waals surface area contributed by atoms with Gasteiger partial charge in [0.25, 0.3) is 0 Å². The summed E-state index contributed by atoms with van der Waals surface area (Å²) >= 11 is 0. The summed E-state index contributed by atoms with van der Waals surface area (Å²) in [5, 5.41) is 8.85. The number of imidazole rings is 1. The van der Waals surface area contributed by atoms with Crippen LogP contribution in [0.25, 0.3) is 11.3 Å². The first kappa shape index (κ1) is 14.8. The Hall–Kier alpha value is -2.63. The Labute approximate surface area is 122 Å². The number of carbonyl (C=O) groups excluding carboxylic acids is 1. The molecule has 1 aromatic heterocycles. The predicted octanol–water partition coefficient (Wildman–Crippen LogP) is 1.76. The van der Waals surface area contributed by atoms with Crippen molar-refractivity contribution in [3.05, 3.63) is 42.4 Å². The molecule has 1 unspecified atom stereocenters. The van der Waals surface area contributed by atoms with E-state index in [-0.39, 0.29) is 6.54 Å². The normalized spacial score (nSPS) is 11.9. The fourth-order valence-corrected chi connectivity index (χ4v) is 1.95. The molecule has 0 saturated heterocycles. The van der Waals surface area contributed by atoms with Crippen LogP contribution in [0.3, 0.4) is 0 Å². The van der Waals surface area contributed by atoms with E-state index in [9.17, 15) is 9.59 Å². The van der Waals surface area contributed by atoms with Crippen LogP contribution < -0.4 is 0 Å². The number of rotatable bonds is 5. The Morgan fingerprint density at radius 1 is 1.33 bits per heavy atom. The molecule has 6 heteroatoms. The molecular formula is C15H17N3O3. The van der Waals surface area contributed by atoms with Crippen molar-refractivity contribution in [2.24, 2.45) is 5.92 Å². The smallest absolute Gasteiger partial charge is 0.315 e. The number of hydrogen-bond donors (Lipinski definition) is 2. The number of aromatic amines is 1. The molecule has 2 aromatic rings. The van der Waals surface area contributed by atoms with E-state index in [1.54, 1.807) is 13.2 Å². The minimum atomic E-state index is -1.13. The molecular weight excluding hydrogens is 270 g/mol. The van der Waals surface area contributed by atoms with Gasteiger partial charge < -0.3 is 15.0 Å². The van der Waals surface area contributed by atoms with Crippen LogP contribution in [0.15, 0.2) is 36.5 Å². The molecule has 0 fully saturated rings. The minimum Gasteiger partial charge on any atom is -0.481 e. The first-order valence-corrected chi connectivity index (χ1v) is 6.56. The average molecular weight is 287 g/mol. The third-order valence-electron chi connectivity index (χ3n) is 3.22. The van der Waals surface area contributed by atoms with E-state index in [4.69, 9.17) is 5.11 Å². The molecule has 0 spiro atoms. The molecule has 2 rings (SSSR count). The van der Waals surface area contributed by atoms with Crippen molar-refractivity contribution in [2.45, 2.75) is 13.5 Å². The zero-order valence-electron chi connectivity index (χ0n) is 11.9. The van der Waals surface area contributed by atoms with Gasteiger partial charge in [-0.15, -0.1) is 0 Å². The zero-order chi connectivity index (χ0) is 15.4. The molecule has 21 heavy (non-hydrogen) atoms. The molecule has 0 radical (unpaired) electrons. The van der Waals surface area contributed by atoms with Crippen LogP contribution in [0.5, 0.6) is 0 Å². The van der Waals surface area contributed by atoms with E-state index >= 15 is 0 Å². The Kier molecular flexibility index (Phi) is 4.37. The van der Waals surface area contributed by atoms with Crippen LogP contribution in [0, 0.1) is 5.92 Å². The number of nitrogens with zero attached hydrogens (tertiary/aromatic N) is 2. The van der Waals surface area contributed by atoms with Gasteiger partial charge in [0.2, 0.25) is 5.91 Å². The number of aromatic nitrogens is 2.